The third-order valence-corrected chi connectivity index (χ3v) is 9.89. The van der Waals surface area contributed by atoms with Crippen LogP contribution in [0.2, 0.25) is 0 Å². The Morgan fingerprint density at radius 2 is 1.95 bits per heavy atom. The van der Waals surface area contributed by atoms with E-state index < -0.39 is 5.60 Å². The maximum absolute atomic E-state index is 12.8. The number of aromatic nitrogens is 2. The average molecular weight is 711 g/mol. The Kier molecular flexibility index (Phi) is 8.04. The van der Waals surface area contributed by atoms with Crippen LogP contribution in [0.4, 0.5) is 10.6 Å². The van der Waals surface area contributed by atoms with Crippen LogP contribution in [-0.2, 0) is 4.74 Å². The summed E-state index contributed by atoms with van der Waals surface area (Å²) in [6.07, 6.45) is 0.520. The van der Waals surface area contributed by atoms with E-state index in [0.29, 0.717) is 6.54 Å². The Bertz CT molecular complexity index is 1350. The molecule has 1 aromatic heterocycles. The van der Waals surface area contributed by atoms with Crippen molar-refractivity contribution >= 4 is 73.1 Å². The van der Waals surface area contributed by atoms with Gasteiger partial charge in [0.1, 0.15) is 23.0 Å². The Morgan fingerprint density at radius 3 is 2.58 bits per heavy atom. The molecule has 7 nitrogen and oxygen atoms in total. The highest BCUT2D eigenvalue weighted by Crippen LogP contribution is 2.44. The van der Waals surface area contributed by atoms with E-state index in [1.54, 1.807) is 11.8 Å². The molecule has 2 aliphatic heterocycles. The summed E-state index contributed by atoms with van der Waals surface area (Å²) < 4.78 is 14.2. The van der Waals surface area contributed by atoms with E-state index in [2.05, 4.69) is 75.5 Å². The molecule has 2 aromatic carbocycles. The molecular formula is C28H32BrIN4O3S. The van der Waals surface area contributed by atoms with Crippen molar-refractivity contribution in [3.05, 3.63) is 50.0 Å². The molecule has 0 saturated carbocycles. The lowest BCUT2D eigenvalue weighted by atomic mass is 10.1. The summed E-state index contributed by atoms with van der Waals surface area (Å²) in [4.78, 5) is 27.1. The van der Waals surface area contributed by atoms with Crippen molar-refractivity contribution in [3.63, 3.8) is 0 Å². The number of carbonyl (C=O) groups excluding carboxylic acids is 1. The van der Waals surface area contributed by atoms with Crippen LogP contribution < -0.4 is 9.64 Å². The summed E-state index contributed by atoms with van der Waals surface area (Å²) in [5.74, 6) is 2.50. The molecule has 0 spiro atoms. The maximum Gasteiger partial charge on any atom is 0.410 e. The quantitative estimate of drug-likeness (QED) is 0.150. The van der Waals surface area contributed by atoms with Crippen LogP contribution in [0.3, 0.4) is 0 Å². The molecule has 38 heavy (non-hydrogen) atoms. The largest absolute Gasteiger partial charge is 0.483 e. The Hall–Kier alpha value is -1.79. The number of rotatable bonds is 6. The zero-order valence-corrected chi connectivity index (χ0v) is 26.8. The van der Waals surface area contributed by atoms with Crippen LogP contribution in [0.15, 0.2) is 46.0 Å². The molecule has 0 aliphatic carbocycles. The lowest BCUT2D eigenvalue weighted by molar-refractivity contribution is 0.0214. The summed E-state index contributed by atoms with van der Waals surface area (Å²) in [6, 6.07) is 12.6. The van der Waals surface area contributed by atoms with Crippen LogP contribution in [-0.4, -0.2) is 57.5 Å². The first kappa shape index (κ1) is 27.8. The molecule has 2 bridgehead atoms. The predicted molar refractivity (Wildman–Crippen MR) is 164 cm³/mol. The number of thioether (sulfide) groups is 1. The highest BCUT2D eigenvalue weighted by molar-refractivity contribution is 14.1. The van der Waals surface area contributed by atoms with Crippen LogP contribution >= 0.6 is 50.3 Å². The first-order valence-corrected chi connectivity index (χ1v) is 15.7. The van der Waals surface area contributed by atoms with E-state index in [9.17, 15) is 4.79 Å². The topological polar surface area (TPSA) is 67.8 Å². The van der Waals surface area contributed by atoms with Gasteiger partial charge in [0.15, 0.2) is 10.9 Å². The van der Waals surface area contributed by atoms with Gasteiger partial charge in [0.2, 0.25) is 0 Å². The summed E-state index contributed by atoms with van der Waals surface area (Å²) in [5, 5.41) is 1.69. The summed E-state index contributed by atoms with van der Waals surface area (Å²) in [6.45, 7) is 11.2. The number of carbonyl (C=O) groups is 1. The molecular weight excluding hydrogens is 679 g/mol. The van der Waals surface area contributed by atoms with Crippen molar-refractivity contribution in [1.29, 1.82) is 0 Å². The first-order chi connectivity index (χ1) is 18.1. The molecule has 2 saturated heterocycles. The maximum atomic E-state index is 12.8. The number of halogens is 2. The van der Waals surface area contributed by atoms with Crippen molar-refractivity contribution in [2.24, 2.45) is 0 Å². The van der Waals surface area contributed by atoms with E-state index >= 15 is 0 Å². The number of ether oxygens (including phenoxy) is 2. The zero-order chi connectivity index (χ0) is 27.2. The molecule has 0 radical (unpaired) electrons. The van der Waals surface area contributed by atoms with E-state index in [1.165, 1.54) is 0 Å². The molecule has 0 unspecified atom stereocenters. The lowest BCUT2D eigenvalue weighted by Crippen LogP contribution is -2.50. The minimum absolute atomic E-state index is 0.102. The molecule has 3 aromatic rings. The fraction of sp³-hybridized carbons (Fsp3) is 0.464. The van der Waals surface area contributed by atoms with Gasteiger partial charge < -0.3 is 19.3 Å². The van der Waals surface area contributed by atoms with Crippen LogP contribution in [0.5, 0.6) is 5.75 Å². The van der Waals surface area contributed by atoms with Gasteiger partial charge in [-0.1, -0.05) is 49.0 Å². The standard InChI is InChI=1S/C28H32BrIN4O3S/c1-6-38-26-31-23-20(13-21(30)22(29)24(23)36-16(2)17-10-8-7-9-11-17)25(32-26)33-14-19-12-18(33)15-34(19)27(35)37-28(3,4)5/h7-11,13,16,18-19H,6,12,14-15H2,1-5H3/t16-,18-,19-/m0/s1. The van der Waals surface area contributed by atoms with E-state index in [-0.39, 0.29) is 24.3 Å². The Morgan fingerprint density at radius 1 is 1.21 bits per heavy atom. The zero-order valence-electron chi connectivity index (χ0n) is 22.2. The molecule has 2 aliphatic rings. The van der Waals surface area contributed by atoms with Crippen molar-refractivity contribution in [1.82, 2.24) is 14.9 Å². The number of benzene rings is 2. The van der Waals surface area contributed by atoms with Gasteiger partial charge in [-0.15, -0.1) is 0 Å². The number of fused-ring (bicyclic) bond motifs is 3. The lowest BCUT2D eigenvalue weighted by Gasteiger charge is -2.36. The van der Waals surface area contributed by atoms with E-state index in [1.807, 2.05) is 43.9 Å². The monoisotopic (exact) mass is 710 g/mol. The van der Waals surface area contributed by atoms with Crippen molar-refractivity contribution < 1.29 is 14.3 Å². The van der Waals surface area contributed by atoms with E-state index in [4.69, 9.17) is 19.4 Å². The fourth-order valence-electron chi connectivity index (χ4n) is 5.11. The number of nitrogens with zero attached hydrogens (tertiary/aromatic N) is 4. The summed E-state index contributed by atoms with van der Waals surface area (Å²) in [7, 11) is 0. The average Bonchev–Trinajstić information content (AvgIpc) is 3.48. The van der Waals surface area contributed by atoms with Crippen molar-refractivity contribution in [2.75, 3.05) is 23.7 Å². The Balaban J connectivity index is 1.52. The van der Waals surface area contributed by atoms with Gasteiger partial charge in [-0.25, -0.2) is 14.8 Å². The van der Waals surface area contributed by atoms with Gasteiger partial charge in [-0.2, -0.15) is 0 Å². The van der Waals surface area contributed by atoms with Gasteiger partial charge in [0.05, 0.1) is 16.6 Å². The SMILES string of the molecule is CCSc1nc(N2C[C@@H]3C[C@H]2CN3C(=O)OC(C)(C)C)c2cc(I)c(Br)c(O[C@@H](C)c3ccccc3)c2n1. The smallest absolute Gasteiger partial charge is 0.410 e. The van der Waals surface area contributed by atoms with Gasteiger partial charge in [-0.05, 0) is 90.0 Å². The Labute approximate surface area is 250 Å². The molecule has 3 heterocycles. The number of amides is 1. The number of anilines is 1. The molecule has 1 amide bonds. The van der Waals surface area contributed by atoms with Crippen LogP contribution in [0.25, 0.3) is 10.9 Å². The highest BCUT2D eigenvalue weighted by atomic mass is 127. The molecule has 5 rings (SSSR count). The summed E-state index contributed by atoms with van der Waals surface area (Å²) >= 11 is 7.74. The van der Waals surface area contributed by atoms with Gasteiger partial charge in [0, 0.05) is 22.0 Å². The highest BCUT2D eigenvalue weighted by Gasteiger charge is 2.47. The number of hydrogen-bond acceptors (Lipinski definition) is 7. The number of piperazine rings is 1. The second kappa shape index (κ2) is 11.0. The molecule has 10 heteroatoms. The minimum Gasteiger partial charge on any atom is -0.483 e. The normalized spacial score (nSPS) is 19.8. The summed E-state index contributed by atoms with van der Waals surface area (Å²) in [5.41, 5.74) is 1.39. The second-order valence-electron chi connectivity index (χ2n) is 10.7. The van der Waals surface area contributed by atoms with Crippen LogP contribution in [0, 0.1) is 3.57 Å². The van der Waals surface area contributed by atoms with Crippen molar-refractivity contribution in [3.8, 4) is 5.75 Å². The number of hydrogen-bond donors (Lipinski definition) is 0. The first-order valence-electron chi connectivity index (χ1n) is 12.9. The third kappa shape index (κ3) is 5.58. The van der Waals surface area contributed by atoms with Gasteiger partial charge in [-0.3, -0.25) is 0 Å². The molecule has 0 N–H and O–H groups in total. The molecule has 2 fully saturated rings. The van der Waals surface area contributed by atoms with Crippen molar-refractivity contribution in [2.45, 2.75) is 70.0 Å². The predicted octanol–water partition coefficient (Wildman–Crippen LogP) is 7.45. The van der Waals surface area contributed by atoms with Gasteiger partial charge in [0.25, 0.3) is 0 Å². The molecule has 202 valence electrons. The van der Waals surface area contributed by atoms with Gasteiger partial charge >= 0.3 is 6.09 Å². The number of likely N-dealkylation sites (tertiary alicyclic amines) is 1. The minimum atomic E-state index is -0.509. The second-order valence-corrected chi connectivity index (χ2v) is 13.8. The van der Waals surface area contributed by atoms with Crippen LogP contribution in [0.1, 0.15) is 52.7 Å². The fourth-order valence-corrected chi connectivity index (χ4v) is 6.62. The third-order valence-electron chi connectivity index (χ3n) is 6.78. The molecule has 3 atom stereocenters. The van der Waals surface area contributed by atoms with E-state index in [0.717, 1.165) is 60.0 Å².